The van der Waals surface area contributed by atoms with E-state index in [1.54, 1.807) is 4.90 Å². The molecule has 2 aromatic heterocycles. The Bertz CT molecular complexity index is 1520. The molecule has 0 amide bonds. The van der Waals surface area contributed by atoms with Gasteiger partial charge in [-0.3, -0.25) is 4.90 Å². The van der Waals surface area contributed by atoms with E-state index in [2.05, 4.69) is 10.3 Å². The van der Waals surface area contributed by atoms with Crippen molar-refractivity contribution in [2.75, 3.05) is 23.8 Å². The van der Waals surface area contributed by atoms with Crippen LogP contribution in [0.4, 0.5) is 43.7 Å². The minimum Gasteiger partial charge on any atom is -0.350 e. The third-order valence-corrected chi connectivity index (χ3v) is 7.31. The number of fused-ring (bicyclic) bond motifs is 1. The number of rotatable bonds is 7. The number of halogens is 6. The van der Waals surface area contributed by atoms with Gasteiger partial charge in [0, 0.05) is 30.0 Å². The summed E-state index contributed by atoms with van der Waals surface area (Å²) in [5.74, 6) is 0.655. The highest BCUT2D eigenvalue weighted by Crippen LogP contribution is 2.38. The van der Waals surface area contributed by atoms with Crippen LogP contribution in [0.25, 0.3) is 0 Å². The molecule has 0 fully saturated rings. The molecule has 1 unspecified atom stereocenters. The number of anilines is 3. The van der Waals surface area contributed by atoms with E-state index in [1.807, 2.05) is 49.2 Å². The average molecular weight is 587 g/mol. The first-order chi connectivity index (χ1) is 19.9. The van der Waals surface area contributed by atoms with Crippen molar-refractivity contribution in [1.29, 1.82) is 0 Å². The lowest BCUT2D eigenvalue weighted by atomic mass is 10.0. The molecule has 220 valence electrons. The second kappa shape index (κ2) is 11.6. The van der Waals surface area contributed by atoms with E-state index in [-0.39, 0.29) is 24.9 Å². The first-order valence-electron chi connectivity index (χ1n) is 13.3. The van der Waals surface area contributed by atoms with Crippen molar-refractivity contribution in [2.45, 2.75) is 44.8 Å². The van der Waals surface area contributed by atoms with Gasteiger partial charge in [0.15, 0.2) is 0 Å². The minimum atomic E-state index is -4.58. The Hall–Kier alpha value is -4.19. The van der Waals surface area contributed by atoms with Crippen LogP contribution in [0.2, 0.25) is 0 Å². The molecule has 1 aliphatic heterocycles. The van der Waals surface area contributed by atoms with Crippen LogP contribution < -0.4 is 10.2 Å². The molecule has 12 heteroatoms. The molecular formula is C30H28F6N6. The number of pyridine rings is 1. The number of aromatic nitrogens is 3. The summed E-state index contributed by atoms with van der Waals surface area (Å²) in [7, 11) is 1.92. The number of hydrogen-bond donors (Lipinski definition) is 1. The summed E-state index contributed by atoms with van der Waals surface area (Å²) in [4.78, 5) is 17.1. The Labute approximate surface area is 239 Å². The average Bonchev–Trinajstić information content (AvgIpc) is 2.96. The normalized spacial score (nSPS) is 14.5. The smallest absolute Gasteiger partial charge is 0.350 e. The Morgan fingerprint density at radius 3 is 2.29 bits per heavy atom. The van der Waals surface area contributed by atoms with Gasteiger partial charge in [-0.25, -0.2) is 15.0 Å². The minimum absolute atomic E-state index is 0.0107. The molecule has 4 aromatic rings. The number of benzene rings is 2. The van der Waals surface area contributed by atoms with Crippen LogP contribution in [-0.4, -0.2) is 33.4 Å². The lowest BCUT2D eigenvalue weighted by molar-refractivity contribution is -0.138. The Morgan fingerprint density at radius 2 is 1.62 bits per heavy atom. The highest BCUT2D eigenvalue weighted by atomic mass is 19.4. The lowest BCUT2D eigenvalue weighted by Gasteiger charge is -2.32. The van der Waals surface area contributed by atoms with Crippen molar-refractivity contribution in [1.82, 2.24) is 19.9 Å². The summed E-state index contributed by atoms with van der Waals surface area (Å²) >= 11 is 0. The fourth-order valence-corrected chi connectivity index (χ4v) is 4.93. The molecular weight excluding hydrogens is 558 g/mol. The molecule has 0 saturated heterocycles. The van der Waals surface area contributed by atoms with E-state index in [4.69, 9.17) is 9.97 Å². The van der Waals surface area contributed by atoms with E-state index >= 15 is 0 Å². The van der Waals surface area contributed by atoms with Crippen molar-refractivity contribution in [3.8, 4) is 0 Å². The number of alkyl halides is 6. The number of hydrogen-bond acceptors (Lipinski definition) is 6. The summed E-state index contributed by atoms with van der Waals surface area (Å²) < 4.78 is 80.5. The second-order valence-electron chi connectivity index (χ2n) is 10.2. The topological polar surface area (TPSA) is 57.2 Å². The van der Waals surface area contributed by atoms with Gasteiger partial charge >= 0.3 is 12.4 Å². The van der Waals surface area contributed by atoms with Crippen LogP contribution in [0.1, 0.15) is 46.7 Å². The lowest BCUT2D eigenvalue weighted by Crippen LogP contribution is -2.34. The fraction of sp³-hybridized carbons (Fsp3) is 0.300. The maximum absolute atomic E-state index is 13.8. The predicted octanol–water partition coefficient (Wildman–Crippen LogP) is 7.41. The summed E-state index contributed by atoms with van der Waals surface area (Å²) in [5, 5.41) is 3.12. The SMILES string of the molecule is CC(c1ccccc1)N(C)Cc1nc2c(c(Nc3ccc(C(F)(F)F)cc3)n1)CCN(c1ncccc1C(F)(F)F)C2. The molecule has 0 bridgehead atoms. The van der Waals surface area contributed by atoms with Gasteiger partial charge in [0.1, 0.15) is 17.5 Å². The van der Waals surface area contributed by atoms with Crippen molar-refractivity contribution in [3.63, 3.8) is 0 Å². The van der Waals surface area contributed by atoms with Crippen LogP contribution in [0.15, 0.2) is 72.9 Å². The molecule has 1 N–H and O–H groups in total. The molecule has 0 saturated carbocycles. The van der Waals surface area contributed by atoms with Crippen molar-refractivity contribution < 1.29 is 26.3 Å². The Kier molecular flexibility index (Phi) is 8.09. The van der Waals surface area contributed by atoms with E-state index < -0.39 is 23.5 Å². The molecule has 1 aliphatic rings. The highest BCUT2D eigenvalue weighted by molar-refractivity contribution is 5.62. The Balaban J connectivity index is 1.49. The predicted molar refractivity (Wildman–Crippen MR) is 147 cm³/mol. The van der Waals surface area contributed by atoms with Crippen LogP contribution >= 0.6 is 0 Å². The molecule has 5 rings (SSSR count). The van der Waals surface area contributed by atoms with E-state index in [0.29, 0.717) is 41.6 Å². The largest absolute Gasteiger partial charge is 0.419 e. The summed E-state index contributed by atoms with van der Waals surface area (Å²) in [6.07, 6.45) is -7.41. The molecule has 3 heterocycles. The van der Waals surface area contributed by atoms with Gasteiger partial charge in [-0.1, -0.05) is 30.3 Å². The van der Waals surface area contributed by atoms with Crippen molar-refractivity contribution >= 4 is 17.3 Å². The molecule has 2 aromatic carbocycles. The quantitative estimate of drug-likeness (QED) is 0.228. The molecule has 1 atom stereocenters. The Morgan fingerprint density at radius 1 is 0.905 bits per heavy atom. The van der Waals surface area contributed by atoms with Gasteiger partial charge in [-0.2, -0.15) is 26.3 Å². The standard InChI is InChI=1S/C30H28F6N6/c1-19(20-7-4-3-5-8-20)41(2)18-26-39-25-17-42(28-24(30(34,35)36)9-6-15-37-28)16-14-23(25)27(40-26)38-22-12-10-21(11-13-22)29(31,32)33/h3-13,15,19H,14,16-18H2,1-2H3,(H,38,39,40). The molecule has 0 spiro atoms. The number of nitrogens with zero attached hydrogens (tertiary/aromatic N) is 5. The van der Waals surface area contributed by atoms with Crippen molar-refractivity contribution in [3.05, 3.63) is 107 Å². The second-order valence-corrected chi connectivity index (χ2v) is 10.2. The third kappa shape index (κ3) is 6.48. The van der Waals surface area contributed by atoms with E-state index in [0.717, 1.165) is 23.8 Å². The van der Waals surface area contributed by atoms with Crippen LogP contribution in [0, 0.1) is 0 Å². The first kappa shape index (κ1) is 29.3. The monoisotopic (exact) mass is 586 g/mol. The molecule has 0 aliphatic carbocycles. The molecule has 6 nitrogen and oxygen atoms in total. The zero-order valence-electron chi connectivity index (χ0n) is 22.8. The van der Waals surface area contributed by atoms with Gasteiger partial charge in [0.05, 0.1) is 29.9 Å². The summed E-state index contributed by atoms with van der Waals surface area (Å²) in [6.45, 7) is 2.64. The van der Waals surface area contributed by atoms with Crippen LogP contribution in [0.3, 0.4) is 0 Å². The highest BCUT2D eigenvalue weighted by Gasteiger charge is 2.37. The number of nitrogens with one attached hydrogen (secondary N) is 1. The van der Waals surface area contributed by atoms with Gasteiger partial charge in [-0.05, 0) is 62.4 Å². The molecule has 0 radical (unpaired) electrons. The first-order valence-corrected chi connectivity index (χ1v) is 13.3. The zero-order chi connectivity index (χ0) is 30.1. The third-order valence-electron chi connectivity index (χ3n) is 7.31. The maximum atomic E-state index is 13.8. The van der Waals surface area contributed by atoms with Crippen LogP contribution in [0.5, 0.6) is 0 Å². The fourth-order valence-electron chi connectivity index (χ4n) is 4.93. The van der Waals surface area contributed by atoms with Crippen molar-refractivity contribution in [2.24, 2.45) is 0 Å². The van der Waals surface area contributed by atoms with Gasteiger partial charge < -0.3 is 10.2 Å². The van der Waals surface area contributed by atoms with Gasteiger partial charge in [0.2, 0.25) is 0 Å². The summed E-state index contributed by atoms with van der Waals surface area (Å²) in [6, 6.07) is 16.7. The molecule has 42 heavy (non-hydrogen) atoms. The maximum Gasteiger partial charge on any atom is 0.419 e. The van der Waals surface area contributed by atoms with Gasteiger partial charge in [0.25, 0.3) is 0 Å². The summed E-state index contributed by atoms with van der Waals surface area (Å²) in [5.41, 5.74) is 1.09. The van der Waals surface area contributed by atoms with Gasteiger partial charge in [-0.15, -0.1) is 0 Å². The zero-order valence-corrected chi connectivity index (χ0v) is 22.8. The van der Waals surface area contributed by atoms with E-state index in [1.165, 1.54) is 24.4 Å². The van der Waals surface area contributed by atoms with Crippen LogP contribution in [-0.2, 0) is 31.9 Å². The van der Waals surface area contributed by atoms with E-state index in [9.17, 15) is 26.3 Å².